The standard InChI is InChI=1S/C14H28Si/c1-14(15,12-8-4-2-5-9-12)13-10-6-3-7-11-13/h12-13H,2-11H2,1,15H3. The van der Waals surface area contributed by atoms with Gasteiger partial charge in [0.15, 0.2) is 0 Å². The highest BCUT2D eigenvalue weighted by Crippen LogP contribution is 2.51. The molecule has 0 amide bonds. The highest BCUT2D eigenvalue weighted by Gasteiger charge is 2.37. The molecule has 88 valence electrons. The Hall–Kier alpha value is 0.217. The molecule has 0 N–H and O–H groups in total. The van der Waals surface area contributed by atoms with Crippen LogP contribution in [0.1, 0.15) is 71.1 Å². The number of hydrogen-bond donors (Lipinski definition) is 0. The Morgan fingerprint density at radius 1 is 0.733 bits per heavy atom. The van der Waals surface area contributed by atoms with Gasteiger partial charge in [-0.2, -0.15) is 0 Å². The van der Waals surface area contributed by atoms with Crippen LogP contribution in [0.4, 0.5) is 0 Å². The zero-order chi connectivity index (χ0) is 10.7. The molecule has 0 aliphatic heterocycles. The minimum absolute atomic E-state index is 0.779. The van der Waals surface area contributed by atoms with E-state index < -0.39 is 0 Å². The van der Waals surface area contributed by atoms with Crippen molar-refractivity contribution in [1.82, 2.24) is 0 Å². The molecular formula is C14H28Si. The molecule has 0 spiro atoms. The molecule has 0 saturated heterocycles. The van der Waals surface area contributed by atoms with Crippen LogP contribution in [0.25, 0.3) is 0 Å². The van der Waals surface area contributed by atoms with Crippen LogP contribution in [0.15, 0.2) is 0 Å². The first-order valence-corrected chi connectivity index (χ1v) is 8.21. The largest absolute Gasteiger partial charge is 0.0624 e. The topological polar surface area (TPSA) is 0 Å². The molecule has 2 fully saturated rings. The highest BCUT2D eigenvalue weighted by molar-refractivity contribution is 6.15. The molecule has 2 saturated carbocycles. The maximum atomic E-state index is 2.63. The molecular weight excluding hydrogens is 196 g/mol. The van der Waals surface area contributed by atoms with Crippen LogP contribution in [0.2, 0.25) is 5.04 Å². The first kappa shape index (κ1) is 11.7. The van der Waals surface area contributed by atoms with Gasteiger partial charge in [0, 0.05) is 10.2 Å². The lowest BCUT2D eigenvalue weighted by Gasteiger charge is -2.44. The molecule has 0 heterocycles. The SMILES string of the molecule is CC([SiH3])(C1CCCCC1)C1CCCCC1. The summed E-state index contributed by atoms with van der Waals surface area (Å²) in [5.41, 5.74) is 0. The predicted octanol–water partition coefficient (Wildman–Crippen LogP) is 3.69. The number of rotatable bonds is 2. The molecule has 0 aromatic heterocycles. The first-order chi connectivity index (χ1) is 7.21. The van der Waals surface area contributed by atoms with Gasteiger partial charge in [-0.25, -0.2) is 0 Å². The van der Waals surface area contributed by atoms with E-state index in [4.69, 9.17) is 0 Å². The van der Waals surface area contributed by atoms with Gasteiger partial charge in [-0.3, -0.25) is 0 Å². The van der Waals surface area contributed by atoms with E-state index in [1.54, 1.807) is 25.7 Å². The molecule has 0 aromatic carbocycles. The Kier molecular flexibility index (Phi) is 3.92. The van der Waals surface area contributed by atoms with Crippen LogP contribution in [0, 0.1) is 11.8 Å². The smallest absolute Gasteiger partial charge is 0.0110 e. The van der Waals surface area contributed by atoms with Crippen molar-refractivity contribution in [2.45, 2.75) is 76.2 Å². The Morgan fingerprint density at radius 3 is 1.40 bits per heavy atom. The van der Waals surface area contributed by atoms with Crippen molar-refractivity contribution in [3.63, 3.8) is 0 Å². The van der Waals surface area contributed by atoms with Gasteiger partial charge in [-0.1, -0.05) is 71.1 Å². The third kappa shape index (κ3) is 2.67. The summed E-state index contributed by atoms with van der Waals surface area (Å²) in [6.45, 7) is 2.63. The van der Waals surface area contributed by atoms with Gasteiger partial charge in [-0.05, 0) is 16.9 Å². The third-order valence-electron chi connectivity index (χ3n) is 5.31. The minimum Gasteiger partial charge on any atom is -0.0624 e. The summed E-state index contributed by atoms with van der Waals surface area (Å²) in [4.78, 5) is 0. The van der Waals surface area contributed by atoms with Gasteiger partial charge in [-0.15, -0.1) is 0 Å². The van der Waals surface area contributed by atoms with Crippen molar-refractivity contribution < 1.29 is 0 Å². The summed E-state index contributed by atoms with van der Waals surface area (Å²) >= 11 is 0. The van der Waals surface area contributed by atoms with Crippen molar-refractivity contribution in [3.05, 3.63) is 0 Å². The molecule has 0 aromatic rings. The normalized spacial score (nSPS) is 27.0. The summed E-state index contributed by atoms with van der Waals surface area (Å²) in [5, 5.41) is 0.779. The average molecular weight is 224 g/mol. The molecule has 0 bridgehead atoms. The Morgan fingerprint density at radius 2 is 1.07 bits per heavy atom. The van der Waals surface area contributed by atoms with E-state index in [1.165, 1.54) is 48.8 Å². The van der Waals surface area contributed by atoms with Crippen LogP contribution in [-0.4, -0.2) is 10.2 Å². The Bertz CT molecular complexity index is 166. The quantitative estimate of drug-likeness (QED) is 0.628. The fourth-order valence-electron chi connectivity index (χ4n) is 4.03. The second-order valence-electron chi connectivity index (χ2n) is 6.49. The van der Waals surface area contributed by atoms with E-state index in [0.29, 0.717) is 0 Å². The zero-order valence-corrected chi connectivity index (χ0v) is 12.7. The molecule has 1 heteroatoms. The van der Waals surface area contributed by atoms with Crippen LogP contribution in [-0.2, 0) is 0 Å². The van der Waals surface area contributed by atoms with Crippen LogP contribution >= 0.6 is 0 Å². The van der Waals surface area contributed by atoms with Gasteiger partial charge in [0.25, 0.3) is 0 Å². The molecule has 2 rings (SSSR count). The van der Waals surface area contributed by atoms with E-state index in [1.807, 2.05) is 0 Å². The first-order valence-electron chi connectivity index (χ1n) is 7.21. The van der Waals surface area contributed by atoms with Gasteiger partial charge in [0.2, 0.25) is 0 Å². The second kappa shape index (κ2) is 5.03. The van der Waals surface area contributed by atoms with Gasteiger partial charge in [0.05, 0.1) is 0 Å². The van der Waals surface area contributed by atoms with Crippen molar-refractivity contribution in [1.29, 1.82) is 0 Å². The van der Waals surface area contributed by atoms with E-state index in [2.05, 4.69) is 6.92 Å². The summed E-state index contributed by atoms with van der Waals surface area (Å²) in [6.07, 6.45) is 15.3. The molecule has 0 nitrogen and oxygen atoms in total. The van der Waals surface area contributed by atoms with Crippen molar-refractivity contribution >= 4 is 10.2 Å². The summed E-state index contributed by atoms with van der Waals surface area (Å²) in [5.74, 6) is 2.20. The van der Waals surface area contributed by atoms with Gasteiger partial charge in [0.1, 0.15) is 0 Å². The summed E-state index contributed by atoms with van der Waals surface area (Å²) < 4.78 is 0. The predicted molar refractivity (Wildman–Crippen MR) is 71.5 cm³/mol. The van der Waals surface area contributed by atoms with E-state index >= 15 is 0 Å². The third-order valence-corrected chi connectivity index (χ3v) is 6.95. The van der Waals surface area contributed by atoms with Crippen LogP contribution < -0.4 is 0 Å². The summed E-state index contributed by atoms with van der Waals surface area (Å²) in [7, 11) is 1.43. The maximum Gasteiger partial charge on any atom is 0.0110 e. The Balaban J connectivity index is 1.96. The fraction of sp³-hybridized carbons (Fsp3) is 1.00. The molecule has 2 aliphatic rings. The van der Waals surface area contributed by atoms with Crippen molar-refractivity contribution in [2.75, 3.05) is 0 Å². The van der Waals surface area contributed by atoms with Crippen LogP contribution in [0.5, 0.6) is 0 Å². The lowest BCUT2D eigenvalue weighted by Crippen LogP contribution is -2.32. The molecule has 15 heavy (non-hydrogen) atoms. The summed E-state index contributed by atoms with van der Waals surface area (Å²) in [6, 6.07) is 0. The minimum atomic E-state index is 0.779. The van der Waals surface area contributed by atoms with Gasteiger partial charge < -0.3 is 0 Å². The molecule has 2 aliphatic carbocycles. The van der Waals surface area contributed by atoms with E-state index in [0.717, 1.165) is 16.9 Å². The van der Waals surface area contributed by atoms with E-state index in [-0.39, 0.29) is 0 Å². The monoisotopic (exact) mass is 224 g/mol. The second-order valence-corrected chi connectivity index (χ2v) is 8.65. The van der Waals surface area contributed by atoms with Crippen molar-refractivity contribution in [3.8, 4) is 0 Å². The zero-order valence-electron chi connectivity index (χ0n) is 10.7. The van der Waals surface area contributed by atoms with E-state index in [9.17, 15) is 0 Å². The average Bonchev–Trinajstić information content (AvgIpc) is 2.31. The molecule has 0 atom stereocenters. The fourth-order valence-corrected chi connectivity index (χ4v) is 5.18. The lowest BCUT2D eigenvalue weighted by molar-refractivity contribution is 0.175. The van der Waals surface area contributed by atoms with Gasteiger partial charge >= 0.3 is 0 Å². The molecule has 0 radical (unpaired) electrons. The highest BCUT2D eigenvalue weighted by atomic mass is 28.1. The lowest BCUT2D eigenvalue weighted by atomic mass is 9.69. The Labute approximate surface area is 98.6 Å². The number of hydrogen-bond acceptors (Lipinski definition) is 0. The molecule has 0 unspecified atom stereocenters. The van der Waals surface area contributed by atoms with Crippen molar-refractivity contribution in [2.24, 2.45) is 11.8 Å². The van der Waals surface area contributed by atoms with Crippen LogP contribution in [0.3, 0.4) is 0 Å². The maximum absolute atomic E-state index is 2.63.